The van der Waals surface area contributed by atoms with Crippen LogP contribution in [-0.2, 0) is 6.54 Å². The molecule has 2 aromatic carbocycles. The van der Waals surface area contributed by atoms with Crippen LogP contribution in [0, 0.1) is 0 Å². The zero-order chi connectivity index (χ0) is 18.7. The van der Waals surface area contributed by atoms with Crippen molar-refractivity contribution in [3.05, 3.63) is 69.5 Å². The van der Waals surface area contributed by atoms with Crippen molar-refractivity contribution >= 4 is 40.0 Å². The molecule has 0 aliphatic heterocycles. The lowest BCUT2D eigenvalue weighted by atomic mass is 10.2. The van der Waals surface area contributed by atoms with Crippen LogP contribution in [0.1, 0.15) is 17.3 Å². The molecule has 0 aliphatic carbocycles. The highest BCUT2D eigenvalue weighted by Crippen LogP contribution is 2.21. The number of hydrogen-bond donors (Lipinski definition) is 1. The number of halogens is 1. The molecule has 3 aromatic rings. The Bertz CT molecular complexity index is 1000. The fourth-order valence-corrected chi connectivity index (χ4v) is 3.62. The largest absolute Gasteiger partial charge is 0.392 e. The van der Waals surface area contributed by atoms with E-state index < -0.39 is 6.10 Å². The smallest absolute Gasteiger partial charge is 0.262 e. The van der Waals surface area contributed by atoms with Crippen LogP contribution in [0.4, 0.5) is 0 Å². The molecule has 0 aliphatic rings. The van der Waals surface area contributed by atoms with E-state index in [2.05, 4.69) is 4.98 Å². The summed E-state index contributed by atoms with van der Waals surface area (Å²) in [4.78, 5) is 29.6. The van der Waals surface area contributed by atoms with Crippen molar-refractivity contribution in [3.63, 3.8) is 0 Å². The number of fused-ring (bicyclic) bond motifs is 1. The van der Waals surface area contributed by atoms with Gasteiger partial charge in [-0.1, -0.05) is 53.7 Å². The number of nitrogens with zero attached hydrogens (tertiary/aromatic N) is 2. The lowest BCUT2D eigenvalue weighted by Gasteiger charge is -2.14. The third-order valence-corrected chi connectivity index (χ3v) is 4.97. The molecule has 26 heavy (non-hydrogen) atoms. The summed E-state index contributed by atoms with van der Waals surface area (Å²) in [6, 6.07) is 13.8. The highest BCUT2D eigenvalue weighted by atomic mass is 35.5. The summed E-state index contributed by atoms with van der Waals surface area (Å²) in [5.74, 6) is 0.0853. The van der Waals surface area contributed by atoms with E-state index in [1.165, 1.54) is 16.3 Å². The number of Topliss-reactive ketones (excluding diaryl/α,β-unsaturated/α-hetero) is 1. The van der Waals surface area contributed by atoms with Gasteiger partial charge >= 0.3 is 0 Å². The maximum absolute atomic E-state index is 12.8. The van der Waals surface area contributed by atoms with Gasteiger partial charge in [0, 0.05) is 10.6 Å². The highest BCUT2D eigenvalue weighted by Gasteiger charge is 2.15. The van der Waals surface area contributed by atoms with E-state index in [1.54, 1.807) is 49.4 Å². The molecule has 0 bridgehead atoms. The van der Waals surface area contributed by atoms with Gasteiger partial charge in [-0.25, -0.2) is 4.98 Å². The van der Waals surface area contributed by atoms with Crippen molar-refractivity contribution in [3.8, 4) is 0 Å². The van der Waals surface area contributed by atoms with Crippen LogP contribution in [0.3, 0.4) is 0 Å². The monoisotopic (exact) mass is 388 g/mol. The first-order chi connectivity index (χ1) is 12.5. The molecule has 5 nitrogen and oxygen atoms in total. The Labute approximate surface area is 159 Å². The summed E-state index contributed by atoms with van der Waals surface area (Å²) in [5, 5.41) is 11.0. The second-order valence-corrected chi connectivity index (χ2v) is 7.28. The summed E-state index contributed by atoms with van der Waals surface area (Å²) < 4.78 is 1.41. The number of ketones is 1. The van der Waals surface area contributed by atoms with Crippen LogP contribution in [0.2, 0.25) is 5.02 Å². The molecule has 1 aromatic heterocycles. The zero-order valence-electron chi connectivity index (χ0n) is 14.1. The molecule has 1 heterocycles. The zero-order valence-corrected chi connectivity index (χ0v) is 15.6. The maximum atomic E-state index is 12.8. The van der Waals surface area contributed by atoms with Gasteiger partial charge in [-0.15, -0.1) is 0 Å². The summed E-state index contributed by atoms with van der Waals surface area (Å²) in [6.45, 7) is 1.70. The Kier molecular flexibility index (Phi) is 5.76. The Balaban J connectivity index is 1.97. The number of benzene rings is 2. The Morgan fingerprint density at radius 2 is 2.00 bits per heavy atom. The molecule has 0 fully saturated rings. The minimum atomic E-state index is -0.719. The van der Waals surface area contributed by atoms with Gasteiger partial charge in [0.1, 0.15) is 0 Å². The highest BCUT2D eigenvalue weighted by molar-refractivity contribution is 7.99. The second kappa shape index (κ2) is 8.03. The molecule has 7 heteroatoms. The number of aliphatic hydroxyl groups excluding tert-OH is 1. The van der Waals surface area contributed by atoms with Crippen molar-refractivity contribution in [2.45, 2.75) is 24.7 Å². The normalized spacial score (nSPS) is 12.3. The average Bonchev–Trinajstić information content (AvgIpc) is 2.62. The second-order valence-electron chi connectivity index (χ2n) is 5.90. The number of thioether (sulfide) groups is 1. The summed E-state index contributed by atoms with van der Waals surface area (Å²) >= 11 is 7.18. The molecule has 0 saturated heterocycles. The first-order valence-corrected chi connectivity index (χ1v) is 9.41. The van der Waals surface area contributed by atoms with E-state index in [9.17, 15) is 14.7 Å². The van der Waals surface area contributed by atoms with Crippen LogP contribution in [0.15, 0.2) is 58.5 Å². The molecular weight excluding hydrogens is 372 g/mol. The van der Waals surface area contributed by atoms with Crippen LogP contribution in [-0.4, -0.2) is 32.3 Å². The predicted molar refractivity (Wildman–Crippen MR) is 104 cm³/mol. The van der Waals surface area contributed by atoms with Gasteiger partial charge in [-0.05, 0) is 25.1 Å². The topological polar surface area (TPSA) is 72.2 Å². The number of hydrogen-bond acceptors (Lipinski definition) is 5. The molecule has 3 rings (SSSR count). The van der Waals surface area contributed by atoms with E-state index in [-0.39, 0.29) is 23.6 Å². The number of aliphatic hydroxyl groups is 1. The summed E-state index contributed by atoms with van der Waals surface area (Å²) in [7, 11) is 0. The predicted octanol–water partition coefficient (Wildman–Crippen LogP) is 3.41. The molecule has 0 amide bonds. The van der Waals surface area contributed by atoms with Crippen molar-refractivity contribution in [1.82, 2.24) is 9.55 Å². The van der Waals surface area contributed by atoms with Gasteiger partial charge in [-0.3, -0.25) is 14.2 Å². The van der Waals surface area contributed by atoms with Crippen LogP contribution >= 0.6 is 23.4 Å². The molecule has 0 spiro atoms. The standard InChI is InChI=1S/C19H17ClN2O3S/c1-12(23)10-22-18(25)15-8-7-14(20)9-16(15)21-19(22)26-11-17(24)13-5-3-2-4-6-13/h2-9,12,23H,10-11H2,1H3/t12-/m1/s1. The van der Waals surface area contributed by atoms with E-state index in [0.29, 0.717) is 26.6 Å². The first kappa shape index (κ1) is 18.6. The molecule has 0 unspecified atom stereocenters. The van der Waals surface area contributed by atoms with Gasteiger partial charge in [0.15, 0.2) is 10.9 Å². The Hall–Kier alpha value is -2.15. The summed E-state index contributed by atoms with van der Waals surface area (Å²) in [6.07, 6.45) is -0.719. The third kappa shape index (κ3) is 4.15. The van der Waals surface area contributed by atoms with Crippen LogP contribution in [0.25, 0.3) is 10.9 Å². The van der Waals surface area contributed by atoms with Gasteiger partial charge < -0.3 is 5.11 Å². The van der Waals surface area contributed by atoms with Gasteiger partial charge in [0.2, 0.25) is 0 Å². The molecule has 0 saturated carbocycles. The molecule has 0 radical (unpaired) electrons. The van der Waals surface area contributed by atoms with Gasteiger partial charge in [-0.2, -0.15) is 0 Å². The maximum Gasteiger partial charge on any atom is 0.262 e. The molecule has 1 atom stereocenters. The van der Waals surface area contributed by atoms with Crippen LogP contribution in [0.5, 0.6) is 0 Å². The van der Waals surface area contributed by atoms with E-state index >= 15 is 0 Å². The quantitative estimate of drug-likeness (QED) is 0.398. The van der Waals surface area contributed by atoms with Crippen LogP contribution < -0.4 is 5.56 Å². The number of carbonyl (C=O) groups is 1. The molecule has 1 N–H and O–H groups in total. The number of rotatable bonds is 6. The first-order valence-electron chi connectivity index (χ1n) is 8.05. The van der Waals surface area contributed by atoms with Gasteiger partial charge in [0.05, 0.1) is 29.3 Å². The Morgan fingerprint density at radius 1 is 1.27 bits per heavy atom. The van der Waals surface area contributed by atoms with Gasteiger partial charge in [0.25, 0.3) is 5.56 Å². The van der Waals surface area contributed by atoms with Crippen molar-refractivity contribution in [1.29, 1.82) is 0 Å². The lowest BCUT2D eigenvalue weighted by Crippen LogP contribution is -2.28. The minimum Gasteiger partial charge on any atom is -0.392 e. The molecule has 134 valence electrons. The summed E-state index contributed by atoms with van der Waals surface area (Å²) in [5.41, 5.74) is 0.814. The molecular formula is C19H17ClN2O3S. The van der Waals surface area contributed by atoms with E-state index in [1.807, 2.05) is 6.07 Å². The van der Waals surface area contributed by atoms with Crippen molar-refractivity contribution in [2.75, 3.05) is 5.75 Å². The SMILES string of the molecule is C[C@@H](O)Cn1c(SCC(=O)c2ccccc2)nc2cc(Cl)ccc2c1=O. The fourth-order valence-electron chi connectivity index (χ4n) is 2.55. The number of aromatic nitrogens is 2. The van der Waals surface area contributed by atoms with E-state index in [0.717, 1.165) is 0 Å². The van der Waals surface area contributed by atoms with Crippen molar-refractivity contribution in [2.24, 2.45) is 0 Å². The number of carbonyl (C=O) groups excluding carboxylic acids is 1. The van der Waals surface area contributed by atoms with E-state index in [4.69, 9.17) is 11.6 Å². The van der Waals surface area contributed by atoms with Crippen molar-refractivity contribution < 1.29 is 9.90 Å². The average molecular weight is 389 g/mol. The Morgan fingerprint density at radius 3 is 2.69 bits per heavy atom. The minimum absolute atomic E-state index is 0.0559. The third-order valence-electron chi connectivity index (χ3n) is 3.76. The lowest BCUT2D eigenvalue weighted by molar-refractivity contribution is 0.102. The fraction of sp³-hybridized carbons (Fsp3) is 0.211.